The van der Waals surface area contributed by atoms with Crippen LogP contribution in [0.2, 0.25) is 0 Å². The van der Waals surface area contributed by atoms with Gasteiger partial charge in [-0.1, -0.05) is 19.8 Å². The van der Waals surface area contributed by atoms with Gasteiger partial charge in [-0.05, 0) is 6.42 Å². The van der Waals surface area contributed by atoms with Crippen LogP contribution in [0.15, 0.2) is 0 Å². The van der Waals surface area contributed by atoms with Crippen molar-refractivity contribution in [3.63, 3.8) is 0 Å². The number of carbonyl (C=O) groups is 2. The number of carboxylic acid groups (broad SMARTS) is 1. The van der Waals surface area contributed by atoms with Crippen molar-refractivity contribution in [3.8, 4) is 0 Å². The molecule has 3 N–H and O–H groups in total. The van der Waals surface area contributed by atoms with Gasteiger partial charge in [-0.2, -0.15) is 0 Å². The number of hydrogen-bond acceptors (Lipinski definition) is 4. The van der Waals surface area contributed by atoms with Crippen LogP contribution >= 0.6 is 0 Å². The van der Waals surface area contributed by atoms with Gasteiger partial charge < -0.3 is 17.0 Å². The molecule has 0 aliphatic carbocycles. The predicted molar refractivity (Wildman–Crippen MR) is 69.4 cm³/mol. The molecule has 0 saturated carbocycles. The Labute approximate surface area is 138 Å². The minimum Gasteiger partial charge on any atom is -1.00 e. The molecule has 0 radical (unpaired) electrons. The smallest absolute Gasteiger partial charge is 1.00 e. The molecular weight excluding hydrogens is 259 g/mol. The van der Waals surface area contributed by atoms with E-state index in [-0.39, 0.29) is 50.0 Å². The van der Waals surface area contributed by atoms with Crippen LogP contribution < -0.4 is 34.9 Å². The molecule has 0 aliphatic heterocycles. The quantitative estimate of drug-likeness (QED) is 0.281. The summed E-state index contributed by atoms with van der Waals surface area (Å²) in [6, 6.07) is 0. The zero-order valence-electron chi connectivity index (χ0n) is 13.0. The van der Waals surface area contributed by atoms with Crippen LogP contribution in [0.1, 0.15) is 34.0 Å². The second-order valence-corrected chi connectivity index (χ2v) is 4.20. The number of nitrogens with zero attached hydrogens (tertiary/aromatic N) is 1. The fourth-order valence-corrected chi connectivity index (χ4v) is 1.58. The number of nitrogens with one attached hydrogen (secondary N) is 1. The van der Waals surface area contributed by atoms with Crippen LogP contribution in [0.25, 0.3) is 0 Å². The maximum absolute atomic E-state index is 11.4. The number of rotatable bonds is 11. The molecule has 0 aliphatic rings. The van der Waals surface area contributed by atoms with E-state index in [4.69, 9.17) is 10.2 Å². The Bertz CT molecular complexity index is 258. The van der Waals surface area contributed by atoms with Gasteiger partial charge in [-0.25, -0.2) is 0 Å². The van der Waals surface area contributed by atoms with Crippen LogP contribution in [0.4, 0.5) is 0 Å². The average molecular weight is 284 g/mol. The SMILES string of the molecule is CCCCCC(=O)NCCN(CCO)CC(=O)O.[H-].[Na+]. The molecule has 0 rings (SSSR count). The molecule has 108 valence electrons. The molecule has 1 amide bonds. The van der Waals surface area contributed by atoms with Gasteiger partial charge in [0.1, 0.15) is 0 Å². The summed E-state index contributed by atoms with van der Waals surface area (Å²) in [5.74, 6) is -0.930. The second-order valence-electron chi connectivity index (χ2n) is 4.20. The third-order valence-corrected chi connectivity index (χ3v) is 2.53. The van der Waals surface area contributed by atoms with Crippen molar-refractivity contribution in [2.24, 2.45) is 0 Å². The number of aliphatic carboxylic acids is 1. The zero-order valence-corrected chi connectivity index (χ0v) is 14.0. The van der Waals surface area contributed by atoms with E-state index in [0.29, 0.717) is 26.1 Å². The Morgan fingerprint density at radius 1 is 1.26 bits per heavy atom. The summed E-state index contributed by atoms with van der Waals surface area (Å²) in [7, 11) is 0. The van der Waals surface area contributed by atoms with Crippen molar-refractivity contribution in [1.82, 2.24) is 10.2 Å². The summed E-state index contributed by atoms with van der Waals surface area (Å²) in [5, 5.41) is 20.2. The van der Waals surface area contributed by atoms with E-state index in [9.17, 15) is 9.59 Å². The Hall–Kier alpha value is -0.140. The van der Waals surface area contributed by atoms with Gasteiger partial charge in [-0.15, -0.1) is 0 Å². The summed E-state index contributed by atoms with van der Waals surface area (Å²) in [4.78, 5) is 23.5. The average Bonchev–Trinajstić information content (AvgIpc) is 2.29. The van der Waals surface area contributed by atoms with E-state index in [0.717, 1.165) is 19.3 Å². The Morgan fingerprint density at radius 2 is 1.95 bits per heavy atom. The van der Waals surface area contributed by atoms with Crippen molar-refractivity contribution >= 4 is 11.9 Å². The third-order valence-electron chi connectivity index (χ3n) is 2.53. The van der Waals surface area contributed by atoms with Crippen LogP contribution in [0.3, 0.4) is 0 Å². The predicted octanol–water partition coefficient (Wildman–Crippen LogP) is -2.82. The summed E-state index contributed by atoms with van der Waals surface area (Å²) in [6.07, 6.45) is 3.53. The first-order valence-corrected chi connectivity index (χ1v) is 6.41. The molecule has 0 aromatic carbocycles. The topological polar surface area (TPSA) is 89.9 Å². The number of amides is 1. The van der Waals surface area contributed by atoms with Gasteiger partial charge in [0.25, 0.3) is 0 Å². The molecule has 0 aromatic heterocycles. The molecule has 0 fully saturated rings. The number of hydrogen-bond donors (Lipinski definition) is 3. The molecule has 0 heterocycles. The van der Waals surface area contributed by atoms with Crippen molar-refractivity contribution in [3.05, 3.63) is 0 Å². The van der Waals surface area contributed by atoms with Crippen LogP contribution in [0, 0.1) is 0 Å². The number of carbonyl (C=O) groups excluding carboxylic acids is 1. The van der Waals surface area contributed by atoms with Crippen molar-refractivity contribution < 1.29 is 50.8 Å². The van der Waals surface area contributed by atoms with E-state index in [2.05, 4.69) is 12.2 Å². The molecular formula is C12H25N2NaO4. The van der Waals surface area contributed by atoms with Crippen molar-refractivity contribution in [2.45, 2.75) is 32.6 Å². The van der Waals surface area contributed by atoms with Gasteiger partial charge in [0.2, 0.25) is 5.91 Å². The summed E-state index contributed by atoms with van der Waals surface area (Å²) >= 11 is 0. The first-order valence-electron chi connectivity index (χ1n) is 6.41. The Balaban J connectivity index is -0.00000144. The summed E-state index contributed by atoms with van der Waals surface area (Å²) in [6.45, 7) is 3.03. The van der Waals surface area contributed by atoms with Crippen molar-refractivity contribution in [2.75, 3.05) is 32.8 Å². The monoisotopic (exact) mass is 284 g/mol. The minimum atomic E-state index is -0.933. The first-order chi connectivity index (χ1) is 8.60. The fourth-order valence-electron chi connectivity index (χ4n) is 1.58. The normalized spacial score (nSPS) is 10.1. The fraction of sp³-hybridized carbons (Fsp3) is 0.833. The molecule has 0 atom stereocenters. The van der Waals surface area contributed by atoms with Crippen molar-refractivity contribution in [1.29, 1.82) is 0 Å². The van der Waals surface area contributed by atoms with E-state index in [1.807, 2.05) is 0 Å². The molecule has 0 aromatic rings. The maximum Gasteiger partial charge on any atom is 1.00 e. The molecule has 7 heteroatoms. The number of aliphatic hydroxyl groups is 1. The second kappa shape index (κ2) is 14.3. The van der Waals surface area contributed by atoms with E-state index in [1.165, 1.54) is 0 Å². The zero-order chi connectivity index (χ0) is 13.8. The van der Waals surface area contributed by atoms with Crippen LogP contribution in [-0.4, -0.2) is 59.8 Å². The minimum absolute atomic E-state index is 0. The van der Waals surface area contributed by atoms with Gasteiger partial charge in [0.05, 0.1) is 13.2 Å². The first kappa shape index (κ1) is 21.2. The molecule has 0 bridgehead atoms. The molecule has 0 saturated heterocycles. The van der Waals surface area contributed by atoms with Gasteiger partial charge in [0.15, 0.2) is 0 Å². The van der Waals surface area contributed by atoms with Crippen LogP contribution in [0.5, 0.6) is 0 Å². The summed E-state index contributed by atoms with van der Waals surface area (Å²) in [5.41, 5.74) is 0. The van der Waals surface area contributed by atoms with E-state index < -0.39 is 5.97 Å². The van der Waals surface area contributed by atoms with Gasteiger partial charge >= 0.3 is 35.5 Å². The largest absolute Gasteiger partial charge is 1.00 e. The maximum atomic E-state index is 11.4. The number of unbranched alkanes of at least 4 members (excludes halogenated alkanes) is 2. The van der Waals surface area contributed by atoms with Gasteiger partial charge in [0, 0.05) is 26.1 Å². The van der Waals surface area contributed by atoms with E-state index in [1.54, 1.807) is 4.90 Å². The third kappa shape index (κ3) is 14.1. The number of carboxylic acids is 1. The number of aliphatic hydroxyl groups excluding tert-OH is 1. The molecule has 0 unspecified atom stereocenters. The molecule has 6 nitrogen and oxygen atoms in total. The van der Waals surface area contributed by atoms with E-state index >= 15 is 0 Å². The van der Waals surface area contributed by atoms with Crippen LogP contribution in [-0.2, 0) is 9.59 Å². The van der Waals surface area contributed by atoms with Gasteiger partial charge in [-0.3, -0.25) is 14.5 Å². The Morgan fingerprint density at radius 3 is 2.47 bits per heavy atom. The molecule has 0 spiro atoms. The standard InChI is InChI=1S/C12H24N2O4.Na.H/c1-2-3-4-5-11(16)13-6-7-14(8-9-15)10-12(17)18;;/h15H,2-10H2,1H3,(H,13,16)(H,17,18);;/q;+1;-1. The Kier molecular flexibility index (Phi) is 15.9. The summed E-state index contributed by atoms with van der Waals surface area (Å²) < 4.78 is 0. The molecule has 19 heavy (non-hydrogen) atoms.